The highest BCUT2D eigenvalue weighted by Crippen LogP contribution is 2.20. The minimum atomic E-state index is -0.293. The number of rotatable bonds is 1. The number of amides is 2. The van der Waals surface area contributed by atoms with Gasteiger partial charge in [0.25, 0.3) is 0 Å². The fraction of sp³-hybridized carbons (Fsp3) is 0.300. The highest BCUT2D eigenvalue weighted by molar-refractivity contribution is 9.10. The number of halogens is 1. The van der Waals surface area contributed by atoms with Crippen molar-refractivity contribution in [2.24, 2.45) is 0 Å². The van der Waals surface area contributed by atoms with E-state index in [1.54, 1.807) is 11.1 Å². The Hall–Kier alpha value is -1.43. The average molecular weight is 284 g/mol. The summed E-state index contributed by atoms with van der Waals surface area (Å²) in [6, 6.07) is 1.84. The maximum absolute atomic E-state index is 11.2. The first-order valence-electron chi connectivity index (χ1n) is 4.76. The lowest BCUT2D eigenvalue weighted by Gasteiger charge is -2.26. The van der Waals surface area contributed by atoms with Crippen molar-refractivity contribution in [3.05, 3.63) is 22.3 Å². The molecule has 5 nitrogen and oxygen atoms in total. The van der Waals surface area contributed by atoms with Crippen LogP contribution in [0.1, 0.15) is 5.56 Å². The zero-order chi connectivity index (χ0) is 11.7. The molecule has 0 aliphatic carbocycles. The fourth-order valence-electron chi connectivity index (χ4n) is 1.50. The molecule has 2 rings (SSSR count). The Balaban J connectivity index is 2.26. The van der Waals surface area contributed by atoms with Crippen LogP contribution < -0.4 is 10.2 Å². The van der Waals surface area contributed by atoms with Crippen LogP contribution in [0.3, 0.4) is 0 Å². The molecule has 0 bridgehead atoms. The maximum atomic E-state index is 11.2. The number of aryl methyl sites for hydroxylation is 1. The molecule has 1 N–H and O–H groups in total. The summed E-state index contributed by atoms with van der Waals surface area (Å²) in [6.45, 7) is 2.26. The molecule has 1 fully saturated rings. The number of anilines is 1. The highest BCUT2D eigenvalue weighted by atomic mass is 79.9. The van der Waals surface area contributed by atoms with Crippen LogP contribution in [0.15, 0.2) is 16.7 Å². The van der Waals surface area contributed by atoms with E-state index in [9.17, 15) is 9.59 Å². The summed E-state index contributed by atoms with van der Waals surface area (Å²) in [4.78, 5) is 28.2. The van der Waals surface area contributed by atoms with Crippen LogP contribution in [0.2, 0.25) is 0 Å². The van der Waals surface area contributed by atoms with Gasteiger partial charge in [0.15, 0.2) is 0 Å². The monoisotopic (exact) mass is 283 g/mol. The number of nitrogens with one attached hydrogen (secondary N) is 1. The van der Waals surface area contributed by atoms with Crippen LogP contribution in [-0.2, 0) is 9.59 Å². The molecule has 16 heavy (non-hydrogen) atoms. The maximum Gasteiger partial charge on any atom is 0.246 e. The van der Waals surface area contributed by atoms with Gasteiger partial charge in [-0.15, -0.1) is 0 Å². The van der Waals surface area contributed by atoms with Crippen molar-refractivity contribution in [2.75, 3.05) is 18.0 Å². The van der Waals surface area contributed by atoms with E-state index >= 15 is 0 Å². The van der Waals surface area contributed by atoms with Crippen LogP contribution in [0.25, 0.3) is 0 Å². The standard InChI is InChI=1S/C10H10BrN3O2/c1-6-2-8(12-3-7(6)11)14-4-9(15)13-10(16)5-14/h2-3H,4-5H2,1H3,(H,13,15,16). The third-order valence-corrected chi connectivity index (χ3v) is 3.13. The topological polar surface area (TPSA) is 62.3 Å². The Morgan fingerprint density at radius 2 is 2.00 bits per heavy atom. The number of hydrogen-bond donors (Lipinski definition) is 1. The number of nitrogens with zero attached hydrogens (tertiary/aromatic N) is 2. The summed E-state index contributed by atoms with van der Waals surface area (Å²) in [5, 5.41) is 2.25. The van der Waals surface area contributed by atoms with Gasteiger partial charge in [0.05, 0.1) is 13.1 Å². The summed E-state index contributed by atoms with van der Waals surface area (Å²) < 4.78 is 0.907. The van der Waals surface area contributed by atoms with Crippen molar-refractivity contribution >= 4 is 33.6 Å². The Morgan fingerprint density at radius 1 is 1.38 bits per heavy atom. The predicted molar refractivity (Wildman–Crippen MR) is 62.0 cm³/mol. The number of piperazine rings is 1. The van der Waals surface area contributed by atoms with Crippen molar-refractivity contribution in [3.63, 3.8) is 0 Å². The first-order valence-corrected chi connectivity index (χ1v) is 5.55. The van der Waals surface area contributed by atoms with E-state index in [1.807, 2.05) is 13.0 Å². The van der Waals surface area contributed by atoms with Gasteiger partial charge in [-0.1, -0.05) is 0 Å². The number of aromatic nitrogens is 1. The van der Waals surface area contributed by atoms with Crippen molar-refractivity contribution in [1.29, 1.82) is 0 Å². The number of imide groups is 1. The lowest BCUT2D eigenvalue weighted by atomic mass is 10.2. The van der Waals surface area contributed by atoms with Gasteiger partial charge in [0.1, 0.15) is 5.82 Å². The molecule has 0 radical (unpaired) electrons. The lowest BCUT2D eigenvalue weighted by molar-refractivity contribution is -0.130. The largest absolute Gasteiger partial charge is 0.338 e. The van der Waals surface area contributed by atoms with Gasteiger partial charge in [-0.05, 0) is 34.5 Å². The van der Waals surface area contributed by atoms with Crippen LogP contribution in [0.5, 0.6) is 0 Å². The van der Waals surface area contributed by atoms with Crippen LogP contribution in [0, 0.1) is 6.92 Å². The minimum Gasteiger partial charge on any atom is -0.338 e. The van der Waals surface area contributed by atoms with E-state index in [4.69, 9.17) is 0 Å². The van der Waals surface area contributed by atoms with Crippen molar-refractivity contribution in [2.45, 2.75) is 6.92 Å². The molecule has 84 valence electrons. The van der Waals surface area contributed by atoms with Gasteiger partial charge >= 0.3 is 0 Å². The number of carbonyl (C=O) groups is 2. The van der Waals surface area contributed by atoms with Gasteiger partial charge in [0.2, 0.25) is 11.8 Å². The van der Waals surface area contributed by atoms with Crippen LogP contribution >= 0.6 is 15.9 Å². The zero-order valence-electron chi connectivity index (χ0n) is 8.66. The normalized spacial score (nSPS) is 16.2. The summed E-state index contributed by atoms with van der Waals surface area (Å²) in [7, 11) is 0. The van der Waals surface area contributed by atoms with Gasteiger partial charge in [-0.2, -0.15) is 0 Å². The number of pyridine rings is 1. The Labute approximate surface area is 101 Å². The molecule has 1 aliphatic rings. The average Bonchev–Trinajstić information content (AvgIpc) is 2.20. The van der Waals surface area contributed by atoms with Gasteiger partial charge in [0, 0.05) is 10.7 Å². The molecule has 1 saturated heterocycles. The molecule has 1 aromatic rings. The Morgan fingerprint density at radius 3 is 2.56 bits per heavy atom. The van der Waals surface area contributed by atoms with E-state index in [1.165, 1.54) is 0 Å². The van der Waals surface area contributed by atoms with E-state index < -0.39 is 0 Å². The summed E-state index contributed by atoms with van der Waals surface area (Å²) in [5.41, 5.74) is 1.02. The SMILES string of the molecule is Cc1cc(N2CC(=O)NC(=O)C2)ncc1Br. The molecule has 0 unspecified atom stereocenters. The van der Waals surface area contributed by atoms with E-state index in [0.29, 0.717) is 5.82 Å². The molecule has 1 aliphatic heterocycles. The van der Waals surface area contributed by atoms with Gasteiger partial charge < -0.3 is 4.90 Å². The second-order valence-corrected chi connectivity index (χ2v) is 4.47. The summed E-state index contributed by atoms with van der Waals surface area (Å²) in [6.07, 6.45) is 1.67. The third-order valence-electron chi connectivity index (χ3n) is 2.30. The van der Waals surface area contributed by atoms with E-state index in [0.717, 1.165) is 10.0 Å². The second kappa shape index (κ2) is 4.21. The Kier molecular flexibility index (Phi) is 2.91. The Bertz CT molecular complexity index is 445. The molecular formula is C10H10BrN3O2. The number of hydrogen-bond acceptors (Lipinski definition) is 4. The first-order chi connectivity index (χ1) is 7.56. The van der Waals surface area contributed by atoms with Crippen LogP contribution in [0.4, 0.5) is 5.82 Å². The molecule has 6 heteroatoms. The van der Waals surface area contributed by atoms with Crippen molar-refractivity contribution in [1.82, 2.24) is 10.3 Å². The first kappa shape index (κ1) is 11.1. The summed E-state index contributed by atoms with van der Waals surface area (Å²) in [5.74, 6) is 0.0566. The molecular weight excluding hydrogens is 274 g/mol. The molecule has 0 saturated carbocycles. The van der Waals surface area contributed by atoms with E-state index in [2.05, 4.69) is 26.2 Å². The lowest BCUT2D eigenvalue weighted by Crippen LogP contribution is -2.51. The minimum absolute atomic E-state index is 0.166. The fourth-order valence-corrected chi connectivity index (χ4v) is 1.71. The molecule has 2 amide bonds. The van der Waals surface area contributed by atoms with Crippen molar-refractivity contribution in [3.8, 4) is 0 Å². The van der Waals surface area contributed by atoms with Gasteiger partial charge in [-0.25, -0.2) is 4.98 Å². The molecule has 2 heterocycles. The third kappa shape index (κ3) is 2.21. The zero-order valence-corrected chi connectivity index (χ0v) is 10.2. The molecule has 0 atom stereocenters. The van der Waals surface area contributed by atoms with Crippen molar-refractivity contribution < 1.29 is 9.59 Å². The second-order valence-electron chi connectivity index (χ2n) is 3.62. The molecule has 0 spiro atoms. The molecule has 0 aromatic carbocycles. The predicted octanol–water partition coefficient (Wildman–Crippen LogP) is 0.615. The molecule has 1 aromatic heterocycles. The van der Waals surface area contributed by atoms with Crippen LogP contribution in [-0.4, -0.2) is 29.9 Å². The summed E-state index contributed by atoms with van der Waals surface area (Å²) >= 11 is 3.35. The highest BCUT2D eigenvalue weighted by Gasteiger charge is 2.23. The quantitative estimate of drug-likeness (QED) is 0.768. The number of carbonyl (C=O) groups excluding carboxylic acids is 2. The van der Waals surface area contributed by atoms with E-state index in [-0.39, 0.29) is 24.9 Å². The van der Waals surface area contributed by atoms with Gasteiger partial charge in [-0.3, -0.25) is 14.9 Å². The smallest absolute Gasteiger partial charge is 0.246 e.